The van der Waals surface area contributed by atoms with E-state index in [0.29, 0.717) is 10.4 Å². The monoisotopic (exact) mass is 288 g/mol. The highest BCUT2D eigenvalue weighted by atomic mass is 32.2. The average Bonchev–Trinajstić information content (AvgIpc) is 2.47. The molecule has 0 saturated heterocycles. The lowest BCUT2D eigenvalue weighted by molar-refractivity contribution is 0.0524. The number of carbonyl (C=O) groups is 1. The molecule has 0 spiro atoms. The van der Waals surface area contributed by atoms with Gasteiger partial charge in [-0.2, -0.15) is 5.26 Å². The van der Waals surface area contributed by atoms with Crippen LogP contribution in [0.15, 0.2) is 34.1 Å². The molecule has 0 bridgehead atoms. The topological polar surface area (TPSA) is 71.6 Å². The summed E-state index contributed by atoms with van der Waals surface area (Å²) in [5, 5.41) is 9.20. The average molecular weight is 288 g/mol. The number of carbonyl (C=O) groups excluding carboxylic acids is 1. The Hall–Kier alpha value is -2.26. The summed E-state index contributed by atoms with van der Waals surface area (Å²) in [4.78, 5) is 24.8. The van der Waals surface area contributed by atoms with Gasteiger partial charge in [0.25, 0.3) is 5.56 Å². The second-order valence-corrected chi connectivity index (χ2v) is 4.69. The van der Waals surface area contributed by atoms with Gasteiger partial charge in [-0.15, -0.1) is 11.8 Å². The van der Waals surface area contributed by atoms with Crippen LogP contribution < -0.4 is 5.56 Å². The van der Waals surface area contributed by atoms with Crippen molar-refractivity contribution in [1.29, 1.82) is 5.26 Å². The minimum absolute atomic E-state index is 0.0377. The number of ether oxygens (including phenoxy) is 1. The Morgan fingerprint density at radius 1 is 1.50 bits per heavy atom. The summed E-state index contributed by atoms with van der Waals surface area (Å²) in [6, 6.07) is 6.94. The number of hydrogen-bond donors (Lipinski definition) is 0. The van der Waals surface area contributed by atoms with Crippen LogP contribution in [0.1, 0.15) is 22.8 Å². The molecule has 0 saturated carbocycles. The summed E-state index contributed by atoms with van der Waals surface area (Å²) in [6.07, 6.45) is 3.25. The van der Waals surface area contributed by atoms with E-state index in [-0.39, 0.29) is 17.7 Å². The van der Waals surface area contributed by atoms with Crippen LogP contribution in [0.3, 0.4) is 0 Å². The summed E-state index contributed by atoms with van der Waals surface area (Å²) in [5.74, 6) is -0.531. The summed E-state index contributed by atoms with van der Waals surface area (Å²) in [5.41, 5.74) is 0.236. The van der Waals surface area contributed by atoms with Crippen LogP contribution in [0.5, 0.6) is 0 Å². The van der Waals surface area contributed by atoms with Crippen LogP contribution in [-0.4, -0.2) is 23.2 Å². The number of rotatable bonds is 3. The highest BCUT2D eigenvalue weighted by Crippen LogP contribution is 2.26. The van der Waals surface area contributed by atoms with Gasteiger partial charge in [0.2, 0.25) is 0 Å². The van der Waals surface area contributed by atoms with E-state index in [1.807, 2.05) is 6.07 Å². The number of esters is 1. The number of fused-ring (bicyclic) bond motifs is 1. The SMILES string of the molecule is CCOC(=O)c1c(SC)c(C#N)c(=O)n2ccccc12. The quantitative estimate of drug-likeness (QED) is 0.638. The van der Waals surface area contributed by atoms with Crippen LogP contribution in [-0.2, 0) is 4.74 Å². The van der Waals surface area contributed by atoms with E-state index in [0.717, 1.165) is 0 Å². The van der Waals surface area contributed by atoms with Crippen molar-refractivity contribution in [2.45, 2.75) is 11.8 Å². The van der Waals surface area contributed by atoms with Crippen LogP contribution in [0.4, 0.5) is 0 Å². The second kappa shape index (κ2) is 5.80. The molecule has 2 aromatic heterocycles. The van der Waals surface area contributed by atoms with E-state index in [1.165, 1.54) is 22.4 Å². The van der Waals surface area contributed by atoms with Crippen LogP contribution in [0.25, 0.3) is 5.52 Å². The number of nitriles is 1. The minimum atomic E-state index is -0.531. The zero-order chi connectivity index (χ0) is 14.7. The summed E-state index contributed by atoms with van der Waals surface area (Å²) >= 11 is 1.19. The molecule has 5 nitrogen and oxygen atoms in total. The van der Waals surface area contributed by atoms with E-state index < -0.39 is 11.5 Å². The molecule has 0 aliphatic heterocycles. The predicted octanol–water partition coefficient (Wildman–Crippen LogP) is 2.07. The molecule has 0 radical (unpaired) electrons. The zero-order valence-corrected chi connectivity index (χ0v) is 11.9. The third-order valence-electron chi connectivity index (χ3n) is 2.80. The second-order valence-electron chi connectivity index (χ2n) is 3.88. The lowest BCUT2D eigenvalue weighted by Crippen LogP contribution is -2.22. The fraction of sp³-hybridized carbons (Fsp3) is 0.214. The molecule has 0 atom stereocenters. The van der Waals surface area contributed by atoms with E-state index >= 15 is 0 Å². The number of pyridine rings is 2. The van der Waals surface area contributed by atoms with Crippen molar-refractivity contribution in [3.05, 3.63) is 45.9 Å². The molecular weight excluding hydrogens is 276 g/mol. The first kappa shape index (κ1) is 14.2. The minimum Gasteiger partial charge on any atom is -0.462 e. The lowest BCUT2D eigenvalue weighted by atomic mass is 10.1. The van der Waals surface area contributed by atoms with E-state index in [9.17, 15) is 14.9 Å². The molecule has 2 heterocycles. The van der Waals surface area contributed by atoms with Gasteiger partial charge in [0.1, 0.15) is 11.6 Å². The van der Waals surface area contributed by atoms with Crippen molar-refractivity contribution in [1.82, 2.24) is 4.40 Å². The van der Waals surface area contributed by atoms with Gasteiger partial charge in [0.05, 0.1) is 17.7 Å². The van der Waals surface area contributed by atoms with Gasteiger partial charge in [-0.05, 0) is 25.3 Å². The van der Waals surface area contributed by atoms with Crippen LogP contribution in [0, 0.1) is 11.3 Å². The number of thioether (sulfide) groups is 1. The Kier molecular flexibility index (Phi) is 4.11. The highest BCUT2D eigenvalue weighted by Gasteiger charge is 2.22. The lowest BCUT2D eigenvalue weighted by Gasteiger charge is -2.12. The summed E-state index contributed by atoms with van der Waals surface area (Å²) in [6.45, 7) is 1.94. The van der Waals surface area contributed by atoms with Crippen LogP contribution in [0.2, 0.25) is 0 Å². The Labute approximate surface area is 119 Å². The van der Waals surface area contributed by atoms with Gasteiger partial charge in [0, 0.05) is 11.1 Å². The van der Waals surface area contributed by atoms with Gasteiger partial charge in [-0.25, -0.2) is 4.79 Å². The molecular formula is C14H12N2O3S. The highest BCUT2D eigenvalue weighted by molar-refractivity contribution is 7.98. The molecule has 0 aliphatic rings. The molecule has 0 amide bonds. The fourth-order valence-corrected chi connectivity index (χ4v) is 2.72. The maximum atomic E-state index is 12.2. The van der Waals surface area contributed by atoms with E-state index in [4.69, 9.17) is 4.74 Å². The van der Waals surface area contributed by atoms with E-state index in [2.05, 4.69) is 0 Å². The molecule has 2 rings (SSSR count). The third-order valence-corrected chi connectivity index (χ3v) is 3.61. The first-order valence-electron chi connectivity index (χ1n) is 5.94. The first-order valence-corrected chi connectivity index (χ1v) is 7.16. The molecule has 2 aromatic rings. The number of hydrogen-bond acceptors (Lipinski definition) is 5. The van der Waals surface area contributed by atoms with Gasteiger partial charge in [0.15, 0.2) is 0 Å². The Morgan fingerprint density at radius 3 is 2.85 bits per heavy atom. The van der Waals surface area contributed by atoms with Gasteiger partial charge < -0.3 is 4.74 Å². The smallest absolute Gasteiger partial charge is 0.341 e. The van der Waals surface area contributed by atoms with Gasteiger partial charge in [-0.3, -0.25) is 9.20 Å². The number of aromatic nitrogens is 1. The zero-order valence-electron chi connectivity index (χ0n) is 11.0. The first-order chi connectivity index (χ1) is 9.65. The normalized spacial score (nSPS) is 10.2. The number of nitrogens with zero attached hydrogens (tertiary/aromatic N) is 2. The summed E-state index contributed by atoms with van der Waals surface area (Å²) in [7, 11) is 0. The van der Waals surface area contributed by atoms with Crippen LogP contribution >= 0.6 is 11.8 Å². The predicted molar refractivity (Wildman–Crippen MR) is 76.1 cm³/mol. The molecule has 6 heteroatoms. The van der Waals surface area contributed by atoms with Crippen molar-refractivity contribution < 1.29 is 9.53 Å². The van der Waals surface area contributed by atoms with Crippen molar-refractivity contribution in [3.63, 3.8) is 0 Å². The molecule has 0 fully saturated rings. The van der Waals surface area contributed by atoms with Crippen molar-refractivity contribution in [2.75, 3.05) is 12.9 Å². The third kappa shape index (κ3) is 2.17. The van der Waals surface area contributed by atoms with Gasteiger partial charge >= 0.3 is 5.97 Å². The molecule has 0 aliphatic carbocycles. The fourth-order valence-electron chi connectivity index (χ4n) is 1.99. The van der Waals surface area contributed by atoms with Crippen molar-refractivity contribution >= 4 is 23.2 Å². The Bertz CT molecular complexity index is 774. The van der Waals surface area contributed by atoms with Crippen molar-refractivity contribution in [3.8, 4) is 6.07 Å². The largest absolute Gasteiger partial charge is 0.462 e. The van der Waals surface area contributed by atoms with E-state index in [1.54, 1.807) is 31.4 Å². The Morgan fingerprint density at radius 2 is 2.25 bits per heavy atom. The Balaban J connectivity index is 2.96. The maximum absolute atomic E-state index is 12.2. The molecule has 0 aromatic carbocycles. The molecule has 0 unspecified atom stereocenters. The molecule has 102 valence electrons. The standard InChI is InChI=1S/C14H12N2O3S/c1-3-19-14(18)11-10-6-4-5-7-16(10)13(17)9(8-15)12(11)20-2/h4-7H,3H2,1-2H3. The molecule has 0 N–H and O–H groups in total. The maximum Gasteiger partial charge on any atom is 0.341 e. The molecule has 20 heavy (non-hydrogen) atoms. The van der Waals surface area contributed by atoms with Gasteiger partial charge in [-0.1, -0.05) is 6.07 Å². The summed E-state index contributed by atoms with van der Waals surface area (Å²) < 4.78 is 6.34. The van der Waals surface area contributed by atoms with Crippen molar-refractivity contribution in [2.24, 2.45) is 0 Å².